The molecule has 3 aliphatic rings. The van der Waals surface area contributed by atoms with Crippen LogP contribution in [0.25, 0.3) is 0 Å². The number of carbonyl (C=O) groups excluding carboxylic acids is 1. The monoisotopic (exact) mass is 491 g/mol. The van der Waals surface area contributed by atoms with E-state index in [0.717, 1.165) is 30.9 Å². The minimum Gasteiger partial charge on any atom is -0.484 e. The molecule has 0 radical (unpaired) electrons. The lowest BCUT2D eigenvalue weighted by molar-refractivity contribution is -0.143. The van der Waals surface area contributed by atoms with Gasteiger partial charge in [0, 0.05) is 16.6 Å². The number of carbonyl (C=O) groups is 1. The number of amides is 1. The van der Waals surface area contributed by atoms with Gasteiger partial charge >= 0.3 is 0 Å². The zero-order chi connectivity index (χ0) is 23.2. The largest absolute Gasteiger partial charge is 0.484 e. The summed E-state index contributed by atoms with van der Waals surface area (Å²) >= 11 is 11.7. The van der Waals surface area contributed by atoms with Crippen molar-refractivity contribution >= 4 is 29.1 Å². The first-order valence-corrected chi connectivity index (χ1v) is 11.1. The predicted octanol–water partition coefficient (Wildman–Crippen LogP) is 4.77. The van der Waals surface area contributed by atoms with Crippen molar-refractivity contribution in [1.82, 2.24) is 15.5 Å². The SMILES string of the molecule is Cc1cc(OCc2nnc(C34CC(NC(=O)COc5ccc(Cl)c(F)c5)(C3)C4)o2)ccc1Cl. The second-order valence-corrected chi connectivity index (χ2v) is 9.52. The van der Waals surface area contributed by atoms with Gasteiger partial charge in [0.25, 0.3) is 11.8 Å². The standard InChI is InChI=1S/C23H20Cl2FN3O4/c1-13-6-14(2-4-16(13)24)32-9-20-28-29-21(33-20)22-10-23(11-22,12-22)27-19(30)8-31-15-3-5-17(25)18(26)7-15/h2-7H,8-12H2,1H3,(H,27,30). The molecule has 1 N–H and O–H groups in total. The number of halogens is 3. The second-order valence-electron chi connectivity index (χ2n) is 8.70. The van der Waals surface area contributed by atoms with Gasteiger partial charge in [0.2, 0.25) is 5.89 Å². The summed E-state index contributed by atoms with van der Waals surface area (Å²) in [7, 11) is 0. The Labute approximate surface area is 199 Å². The summed E-state index contributed by atoms with van der Waals surface area (Å²) in [4.78, 5) is 12.3. The fourth-order valence-electron chi connectivity index (χ4n) is 4.57. The molecule has 0 unspecified atom stereocenters. The van der Waals surface area contributed by atoms with Crippen LogP contribution in [0, 0.1) is 12.7 Å². The highest BCUT2D eigenvalue weighted by atomic mass is 35.5. The van der Waals surface area contributed by atoms with E-state index >= 15 is 0 Å². The van der Waals surface area contributed by atoms with Gasteiger partial charge in [0.15, 0.2) is 13.2 Å². The van der Waals surface area contributed by atoms with Crippen molar-refractivity contribution < 1.29 is 23.1 Å². The number of nitrogens with one attached hydrogen (secondary N) is 1. The van der Waals surface area contributed by atoms with Crippen molar-refractivity contribution in [3.8, 4) is 11.5 Å². The first-order valence-electron chi connectivity index (χ1n) is 10.4. The molecule has 0 aliphatic heterocycles. The van der Waals surface area contributed by atoms with Crippen molar-refractivity contribution in [1.29, 1.82) is 0 Å². The zero-order valence-electron chi connectivity index (χ0n) is 17.7. The van der Waals surface area contributed by atoms with Crippen LogP contribution in [0.4, 0.5) is 4.39 Å². The van der Waals surface area contributed by atoms with Crippen LogP contribution >= 0.6 is 23.2 Å². The molecule has 3 aliphatic carbocycles. The third kappa shape index (κ3) is 4.25. The molecule has 0 atom stereocenters. The number of hydrogen-bond donors (Lipinski definition) is 1. The molecule has 1 heterocycles. The molecular formula is C23H20Cl2FN3O4. The van der Waals surface area contributed by atoms with Gasteiger partial charge in [-0.3, -0.25) is 4.79 Å². The van der Waals surface area contributed by atoms with Gasteiger partial charge in [-0.2, -0.15) is 0 Å². The van der Waals surface area contributed by atoms with Crippen molar-refractivity contribution in [2.24, 2.45) is 0 Å². The van der Waals surface area contributed by atoms with Crippen LogP contribution in [0.5, 0.6) is 11.5 Å². The Bertz CT molecular complexity index is 1210. The van der Waals surface area contributed by atoms with Gasteiger partial charge in [-0.15, -0.1) is 10.2 Å². The van der Waals surface area contributed by atoms with E-state index in [2.05, 4.69) is 15.5 Å². The molecular weight excluding hydrogens is 472 g/mol. The predicted molar refractivity (Wildman–Crippen MR) is 118 cm³/mol. The zero-order valence-corrected chi connectivity index (χ0v) is 19.2. The fraction of sp³-hybridized carbons (Fsp3) is 0.348. The van der Waals surface area contributed by atoms with Gasteiger partial charge in [0.05, 0.1) is 10.4 Å². The summed E-state index contributed by atoms with van der Waals surface area (Å²) in [5.74, 6) is 1.02. The fourth-order valence-corrected chi connectivity index (χ4v) is 4.81. The maximum absolute atomic E-state index is 13.5. The third-order valence-electron chi connectivity index (χ3n) is 6.11. The van der Waals surface area contributed by atoms with E-state index in [0.29, 0.717) is 22.6 Å². The number of hydrogen-bond acceptors (Lipinski definition) is 6. The Morgan fingerprint density at radius 2 is 1.79 bits per heavy atom. The first-order chi connectivity index (χ1) is 15.8. The molecule has 10 heteroatoms. The van der Waals surface area contributed by atoms with Gasteiger partial charge in [-0.05, 0) is 62.1 Å². The molecule has 1 amide bonds. The molecule has 3 saturated carbocycles. The van der Waals surface area contributed by atoms with Crippen molar-refractivity contribution in [2.45, 2.75) is 43.7 Å². The van der Waals surface area contributed by atoms with Crippen LogP contribution in [0.15, 0.2) is 40.8 Å². The van der Waals surface area contributed by atoms with E-state index in [-0.39, 0.29) is 40.8 Å². The summed E-state index contributed by atoms with van der Waals surface area (Å²) < 4.78 is 30.4. The highest BCUT2D eigenvalue weighted by molar-refractivity contribution is 6.31. The summed E-state index contributed by atoms with van der Waals surface area (Å²) in [6.45, 7) is 1.86. The number of nitrogens with zero attached hydrogens (tertiary/aromatic N) is 2. The first kappa shape index (κ1) is 22.0. The molecule has 3 aromatic rings. The van der Waals surface area contributed by atoms with Gasteiger partial charge < -0.3 is 19.2 Å². The van der Waals surface area contributed by atoms with Crippen LogP contribution in [0.3, 0.4) is 0 Å². The van der Waals surface area contributed by atoms with E-state index < -0.39 is 5.82 Å². The number of aromatic nitrogens is 2. The lowest BCUT2D eigenvalue weighted by atomic mass is 9.39. The van der Waals surface area contributed by atoms with Gasteiger partial charge in [0.1, 0.15) is 17.3 Å². The van der Waals surface area contributed by atoms with E-state index in [9.17, 15) is 9.18 Å². The molecule has 0 spiro atoms. The Morgan fingerprint density at radius 1 is 1.09 bits per heavy atom. The molecule has 2 aromatic carbocycles. The summed E-state index contributed by atoms with van der Waals surface area (Å²) in [5, 5.41) is 12.0. The van der Waals surface area contributed by atoms with Crippen LogP contribution in [-0.4, -0.2) is 28.3 Å². The lowest BCUT2D eigenvalue weighted by Gasteiger charge is -2.68. The Kier molecular flexibility index (Phi) is 5.45. The van der Waals surface area contributed by atoms with Crippen LogP contribution in [0.2, 0.25) is 10.0 Å². The Morgan fingerprint density at radius 3 is 2.48 bits per heavy atom. The molecule has 7 nitrogen and oxygen atoms in total. The smallest absolute Gasteiger partial charge is 0.258 e. The van der Waals surface area contributed by atoms with Gasteiger partial charge in [-0.25, -0.2) is 4.39 Å². The van der Waals surface area contributed by atoms with Crippen LogP contribution in [0.1, 0.15) is 36.6 Å². The lowest BCUT2D eigenvalue weighted by Crippen LogP contribution is -2.77. The molecule has 172 valence electrons. The average molecular weight is 492 g/mol. The molecule has 0 saturated heterocycles. The molecule has 1 aromatic heterocycles. The molecule has 2 bridgehead atoms. The van der Waals surface area contributed by atoms with Gasteiger partial charge in [-0.1, -0.05) is 23.2 Å². The number of rotatable bonds is 8. The topological polar surface area (TPSA) is 86.5 Å². The number of aryl methyl sites for hydroxylation is 1. The molecule has 33 heavy (non-hydrogen) atoms. The minimum absolute atomic E-state index is 0.00166. The molecule has 6 rings (SSSR count). The second kappa shape index (κ2) is 8.18. The van der Waals surface area contributed by atoms with E-state index in [1.54, 1.807) is 12.1 Å². The van der Waals surface area contributed by atoms with E-state index in [1.807, 2.05) is 13.0 Å². The van der Waals surface area contributed by atoms with Crippen molar-refractivity contribution in [3.63, 3.8) is 0 Å². The van der Waals surface area contributed by atoms with Crippen LogP contribution in [-0.2, 0) is 16.8 Å². The Hall–Kier alpha value is -2.84. The average Bonchev–Trinajstić information content (AvgIpc) is 3.20. The summed E-state index contributed by atoms with van der Waals surface area (Å²) in [5.41, 5.74) is 0.444. The Balaban J connectivity index is 1.10. The normalized spacial score (nSPS) is 22.8. The third-order valence-corrected chi connectivity index (χ3v) is 6.84. The number of benzene rings is 2. The number of ether oxygens (including phenoxy) is 2. The van der Waals surface area contributed by atoms with Crippen molar-refractivity contribution in [3.05, 3.63) is 69.6 Å². The highest BCUT2D eigenvalue weighted by Gasteiger charge is 2.71. The maximum atomic E-state index is 13.5. The van der Waals surface area contributed by atoms with Crippen LogP contribution < -0.4 is 14.8 Å². The van der Waals surface area contributed by atoms with Crippen molar-refractivity contribution in [2.75, 3.05) is 6.61 Å². The maximum Gasteiger partial charge on any atom is 0.258 e. The van der Waals surface area contributed by atoms with E-state index in [1.165, 1.54) is 12.1 Å². The molecule has 3 fully saturated rings. The summed E-state index contributed by atoms with van der Waals surface area (Å²) in [6.07, 6.45) is 2.17. The highest BCUT2D eigenvalue weighted by Crippen LogP contribution is 2.67. The van der Waals surface area contributed by atoms with E-state index in [4.69, 9.17) is 37.1 Å². The summed E-state index contributed by atoms with van der Waals surface area (Å²) in [6, 6.07) is 9.46. The minimum atomic E-state index is -0.594. The quantitative estimate of drug-likeness (QED) is 0.488.